The van der Waals surface area contributed by atoms with Gasteiger partial charge in [-0.3, -0.25) is 33.2 Å². The number of aryl methyl sites for hydroxylation is 1. The van der Waals surface area contributed by atoms with Gasteiger partial charge in [-0.2, -0.15) is 0 Å². The summed E-state index contributed by atoms with van der Waals surface area (Å²) in [6.45, 7) is -0.104. The van der Waals surface area contributed by atoms with Crippen LogP contribution in [-0.2, 0) is 18.9 Å². The number of para-hydroxylation sites is 2. The van der Waals surface area contributed by atoms with Gasteiger partial charge in [0.2, 0.25) is 5.91 Å². The molecule has 11 heteroatoms. The topological polar surface area (TPSA) is 135 Å². The van der Waals surface area contributed by atoms with Gasteiger partial charge >= 0.3 is 5.69 Å². The molecule has 0 unspecified atom stereocenters. The van der Waals surface area contributed by atoms with E-state index >= 15 is 0 Å². The average Bonchev–Trinajstić information content (AvgIpc) is 2.89. The van der Waals surface area contributed by atoms with Crippen LogP contribution in [0.1, 0.15) is 20.8 Å². The standard InChI is InChI=1S/C25H20N6O5/c1-29-21-16(24(35)30(2)25(29)36)11-12-18(28-21)22(33)26-15-9-7-14(8-10-15)23(34)31-13-20(32)27-17-5-3-4-6-19(17)31/h3-12H,13H2,1-2H3,(H,26,33)(H,27,32). The number of carbonyl (C=O) groups is 3. The van der Waals surface area contributed by atoms with Crippen LogP contribution in [0.3, 0.4) is 0 Å². The summed E-state index contributed by atoms with van der Waals surface area (Å²) in [4.78, 5) is 68.0. The highest BCUT2D eigenvalue weighted by molar-refractivity contribution is 6.15. The predicted octanol–water partition coefficient (Wildman–Crippen LogP) is 1.48. The molecule has 0 saturated carbocycles. The van der Waals surface area contributed by atoms with Gasteiger partial charge in [-0.05, 0) is 48.5 Å². The number of anilines is 3. The van der Waals surface area contributed by atoms with Gasteiger partial charge in [0.15, 0.2) is 0 Å². The lowest BCUT2D eigenvalue weighted by atomic mass is 10.1. The Hall–Kier alpha value is -5.06. The molecule has 3 amide bonds. The van der Waals surface area contributed by atoms with Gasteiger partial charge in [0.1, 0.15) is 17.9 Å². The van der Waals surface area contributed by atoms with E-state index in [2.05, 4.69) is 15.6 Å². The SMILES string of the molecule is Cn1c(=O)c2ccc(C(=O)Nc3ccc(C(=O)N4CC(=O)Nc5ccccc54)cc3)nc2n(C)c1=O. The number of aromatic nitrogens is 3. The fourth-order valence-electron chi connectivity index (χ4n) is 4.04. The molecule has 4 aromatic rings. The first kappa shape index (κ1) is 22.7. The minimum atomic E-state index is -0.550. The number of hydrogen-bond acceptors (Lipinski definition) is 6. The third-order valence-electron chi connectivity index (χ3n) is 5.94. The minimum Gasteiger partial charge on any atom is -0.323 e. The van der Waals surface area contributed by atoms with Crippen molar-refractivity contribution in [3.8, 4) is 0 Å². The molecule has 0 spiro atoms. The van der Waals surface area contributed by atoms with Gasteiger partial charge in [0.25, 0.3) is 17.4 Å². The largest absolute Gasteiger partial charge is 0.332 e. The monoisotopic (exact) mass is 484 g/mol. The van der Waals surface area contributed by atoms with E-state index in [-0.39, 0.29) is 35.1 Å². The molecule has 3 heterocycles. The third kappa shape index (κ3) is 3.82. The van der Waals surface area contributed by atoms with E-state index in [0.717, 1.165) is 4.57 Å². The Morgan fingerprint density at radius 3 is 2.39 bits per heavy atom. The van der Waals surface area contributed by atoms with Crippen LogP contribution in [0, 0.1) is 0 Å². The lowest BCUT2D eigenvalue weighted by molar-refractivity contribution is -0.115. The van der Waals surface area contributed by atoms with E-state index in [4.69, 9.17) is 0 Å². The van der Waals surface area contributed by atoms with Gasteiger partial charge in [0.05, 0.1) is 16.8 Å². The van der Waals surface area contributed by atoms with Crippen LogP contribution < -0.4 is 26.8 Å². The molecule has 0 atom stereocenters. The number of hydrogen-bond donors (Lipinski definition) is 2. The van der Waals surface area contributed by atoms with Crippen molar-refractivity contribution in [2.45, 2.75) is 0 Å². The average molecular weight is 484 g/mol. The zero-order valence-electron chi connectivity index (χ0n) is 19.3. The molecule has 2 aromatic carbocycles. The van der Waals surface area contributed by atoms with Crippen molar-refractivity contribution in [1.29, 1.82) is 0 Å². The van der Waals surface area contributed by atoms with Crippen LogP contribution >= 0.6 is 0 Å². The molecular formula is C25H20N6O5. The Bertz CT molecular complexity index is 1690. The maximum atomic E-state index is 13.1. The summed E-state index contributed by atoms with van der Waals surface area (Å²) in [5.74, 6) is -1.19. The highest BCUT2D eigenvalue weighted by atomic mass is 16.2. The maximum absolute atomic E-state index is 13.1. The van der Waals surface area contributed by atoms with Gasteiger partial charge < -0.3 is 10.6 Å². The van der Waals surface area contributed by atoms with E-state index < -0.39 is 17.2 Å². The first-order valence-electron chi connectivity index (χ1n) is 10.9. The van der Waals surface area contributed by atoms with Gasteiger partial charge in [0, 0.05) is 25.3 Å². The van der Waals surface area contributed by atoms with Crippen LogP contribution in [0.2, 0.25) is 0 Å². The second-order valence-electron chi connectivity index (χ2n) is 8.26. The highest BCUT2D eigenvalue weighted by Crippen LogP contribution is 2.30. The number of nitrogens with one attached hydrogen (secondary N) is 2. The van der Waals surface area contributed by atoms with Crippen LogP contribution in [0.25, 0.3) is 11.0 Å². The van der Waals surface area contributed by atoms with Gasteiger partial charge in [-0.15, -0.1) is 0 Å². The number of amides is 3. The van der Waals surface area contributed by atoms with Crippen LogP contribution in [0.4, 0.5) is 17.1 Å². The highest BCUT2D eigenvalue weighted by Gasteiger charge is 2.27. The van der Waals surface area contributed by atoms with E-state index in [0.29, 0.717) is 22.6 Å². The Morgan fingerprint density at radius 2 is 1.64 bits per heavy atom. The molecule has 36 heavy (non-hydrogen) atoms. The molecule has 1 aliphatic heterocycles. The lowest BCUT2D eigenvalue weighted by Gasteiger charge is -2.29. The fraction of sp³-hybridized carbons (Fsp3) is 0.120. The van der Waals surface area contributed by atoms with Crippen LogP contribution in [0.5, 0.6) is 0 Å². The first-order valence-corrected chi connectivity index (χ1v) is 10.9. The second kappa shape index (κ2) is 8.62. The quantitative estimate of drug-likeness (QED) is 0.452. The number of carbonyl (C=O) groups excluding carboxylic acids is 3. The zero-order valence-corrected chi connectivity index (χ0v) is 19.3. The molecule has 5 rings (SSSR count). The number of fused-ring (bicyclic) bond motifs is 2. The lowest BCUT2D eigenvalue weighted by Crippen LogP contribution is -2.42. The summed E-state index contributed by atoms with van der Waals surface area (Å²) in [7, 11) is 2.84. The van der Waals surface area contributed by atoms with Crippen molar-refractivity contribution < 1.29 is 14.4 Å². The second-order valence-corrected chi connectivity index (χ2v) is 8.26. The summed E-state index contributed by atoms with van der Waals surface area (Å²) in [5, 5.41) is 5.65. The Kier molecular flexibility index (Phi) is 5.44. The molecule has 180 valence electrons. The molecule has 2 aromatic heterocycles. The maximum Gasteiger partial charge on any atom is 0.332 e. The molecule has 0 fully saturated rings. The molecule has 11 nitrogen and oxygen atoms in total. The summed E-state index contributed by atoms with van der Waals surface area (Å²) in [6.07, 6.45) is 0. The van der Waals surface area contributed by atoms with Crippen molar-refractivity contribution in [3.63, 3.8) is 0 Å². The Labute approximate surface area is 203 Å². The van der Waals surface area contributed by atoms with Gasteiger partial charge in [-0.25, -0.2) is 9.78 Å². The zero-order chi connectivity index (χ0) is 25.6. The smallest absolute Gasteiger partial charge is 0.323 e. The van der Waals surface area contributed by atoms with E-state index in [1.54, 1.807) is 48.5 Å². The molecule has 0 aliphatic carbocycles. The predicted molar refractivity (Wildman–Crippen MR) is 133 cm³/mol. The first-order chi connectivity index (χ1) is 17.2. The third-order valence-corrected chi connectivity index (χ3v) is 5.94. The number of rotatable bonds is 3. The molecule has 0 saturated heterocycles. The van der Waals surface area contributed by atoms with Crippen molar-refractivity contribution in [2.75, 3.05) is 22.1 Å². The van der Waals surface area contributed by atoms with Crippen molar-refractivity contribution in [1.82, 2.24) is 14.1 Å². The number of pyridine rings is 1. The Morgan fingerprint density at radius 1 is 0.917 bits per heavy atom. The summed E-state index contributed by atoms with van der Waals surface area (Å²) < 4.78 is 2.18. The van der Waals surface area contributed by atoms with E-state index in [9.17, 15) is 24.0 Å². The summed E-state index contributed by atoms with van der Waals surface area (Å²) in [5.41, 5.74) is 0.980. The van der Waals surface area contributed by atoms with Gasteiger partial charge in [-0.1, -0.05) is 12.1 Å². The normalized spacial score (nSPS) is 12.7. The van der Waals surface area contributed by atoms with Crippen LogP contribution in [0.15, 0.2) is 70.3 Å². The summed E-state index contributed by atoms with van der Waals surface area (Å²) in [6, 6.07) is 16.1. The molecule has 2 N–H and O–H groups in total. The fourth-order valence-corrected chi connectivity index (χ4v) is 4.04. The van der Waals surface area contributed by atoms with Crippen molar-refractivity contribution in [2.24, 2.45) is 14.1 Å². The minimum absolute atomic E-state index is 0.0156. The number of benzene rings is 2. The van der Waals surface area contributed by atoms with Crippen molar-refractivity contribution >= 4 is 45.8 Å². The number of nitrogens with zero attached hydrogens (tertiary/aromatic N) is 4. The Balaban J connectivity index is 1.37. The van der Waals surface area contributed by atoms with E-state index in [1.807, 2.05) is 0 Å². The molecular weight excluding hydrogens is 464 g/mol. The molecule has 0 radical (unpaired) electrons. The summed E-state index contributed by atoms with van der Waals surface area (Å²) >= 11 is 0. The van der Waals surface area contributed by atoms with Crippen molar-refractivity contribution in [3.05, 3.63) is 92.8 Å². The molecule has 0 bridgehead atoms. The van der Waals surface area contributed by atoms with Crippen LogP contribution in [-0.4, -0.2) is 38.4 Å². The van der Waals surface area contributed by atoms with E-state index in [1.165, 1.54) is 35.7 Å². The molecule has 1 aliphatic rings.